The molecule has 2 fully saturated rings. The Bertz CT molecular complexity index is 259. The molecule has 0 bridgehead atoms. The molecule has 0 aromatic heterocycles. The van der Waals surface area contributed by atoms with Gasteiger partial charge in [-0.25, -0.2) is 0 Å². The van der Waals surface area contributed by atoms with Crippen LogP contribution in [0, 0.1) is 5.41 Å². The Morgan fingerprint density at radius 3 is 2.62 bits per heavy atom. The lowest BCUT2D eigenvalue weighted by Gasteiger charge is -2.37. The second kappa shape index (κ2) is 4.74. The van der Waals surface area contributed by atoms with Gasteiger partial charge in [0.25, 0.3) is 0 Å². The SMILES string of the molecule is CC1(C(=O)N2CCCC2CO)CCCCC1. The third kappa shape index (κ3) is 2.10. The maximum Gasteiger partial charge on any atom is 0.228 e. The van der Waals surface area contributed by atoms with Crippen LogP contribution < -0.4 is 0 Å². The van der Waals surface area contributed by atoms with Crippen molar-refractivity contribution < 1.29 is 9.90 Å². The minimum absolute atomic E-state index is 0.0891. The molecule has 1 heterocycles. The summed E-state index contributed by atoms with van der Waals surface area (Å²) in [6, 6.07) is 0.0891. The van der Waals surface area contributed by atoms with Crippen molar-refractivity contribution >= 4 is 5.91 Å². The zero-order valence-corrected chi connectivity index (χ0v) is 10.2. The molecule has 1 aliphatic heterocycles. The van der Waals surface area contributed by atoms with Gasteiger partial charge in [0.2, 0.25) is 5.91 Å². The third-order valence-corrected chi connectivity index (χ3v) is 4.32. The maximum absolute atomic E-state index is 12.5. The Hall–Kier alpha value is -0.570. The number of aliphatic hydroxyl groups excluding tert-OH is 1. The fourth-order valence-electron chi connectivity index (χ4n) is 3.19. The van der Waals surface area contributed by atoms with Crippen LogP contribution in [0.25, 0.3) is 0 Å². The van der Waals surface area contributed by atoms with Crippen molar-refractivity contribution in [3.8, 4) is 0 Å². The third-order valence-electron chi connectivity index (χ3n) is 4.32. The summed E-state index contributed by atoms with van der Waals surface area (Å²) >= 11 is 0. The molecule has 2 rings (SSSR count). The largest absolute Gasteiger partial charge is 0.394 e. The predicted molar refractivity (Wildman–Crippen MR) is 63.0 cm³/mol. The molecule has 1 aliphatic carbocycles. The second-order valence-electron chi connectivity index (χ2n) is 5.60. The van der Waals surface area contributed by atoms with Crippen LogP contribution in [0.2, 0.25) is 0 Å². The first-order valence-corrected chi connectivity index (χ1v) is 6.59. The zero-order chi connectivity index (χ0) is 11.6. The molecule has 1 saturated heterocycles. The van der Waals surface area contributed by atoms with E-state index >= 15 is 0 Å². The lowest BCUT2D eigenvalue weighted by molar-refractivity contribution is -0.144. The van der Waals surface area contributed by atoms with Gasteiger partial charge in [0.05, 0.1) is 12.6 Å². The van der Waals surface area contributed by atoms with Crippen molar-refractivity contribution in [2.45, 2.75) is 57.9 Å². The van der Waals surface area contributed by atoms with Gasteiger partial charge in [0.1, 0.15) is 0 Å². The summed E-state index contributed by atoms with van der Waals surface area (Å²) < 4.78 is 0. The van der Waals surface area contributed by atoms with Crippen molar-refractivity contribution in [2.24, 2.45) is 5.41 Å². The Morgan fingerprint density at radius 1 is 1.31 bits per heavy atom. The number of nitrogens with zero attached hydrogens (tertiary/aromatic N) is 1. The molecule has 1 N–H and O–H groups in total. The molecule has 0 aromatic carbocycles. The predicted octanol–water partition coefficient (Wildman–Crippen LogP) is 1.94. The van der Waals surface area contributed by atoms with E-state index in [2.05, 4.69) is 6.92 Å². The molecular weight excluding hydrogens is 202 g/mol. The molecular formula is C13H23NO2. The lowest BCUT2D eigenvalue weighted by Crippen LogP contribution is -2.46. The van der Waals surface area contributed by atoms with Gasteiger partial charge in [-0.15, -0.1) is 0 Å². The number of aliphatic hydroxyl groups is 1. The number of hydrogen-bond donors (Lipinski definition) is 1. The highest BCUT2D eigenvalue weighted by atomic mass is 16.3. The first-order valence-electron chi connectivity index (χ1n) is 6.59. The number of carbonyl (C=O) groups is 1. The quantitative estimate of drug-likeness (QED) is 0.780. The van der Waals surface area contributed by atoms with Crippen LogP contribution in [-0.2, 0) is 4.79 Å². The summed E-state index contributed by atoms with van der Waals surface area (Å²) in [5, 5.41) is 9.27. The molecule has 1 saturated carbocycles. The van der Waals surface area contributed by atoms with Gasteiger partial charge in [-0.3, -0.25) is 4.79 Å². The molecule has 0 aromatic rings. The number of likely N-dealkylation sites (tertiary alicyclic amines) is 1. The summed E-state index contributed by atoms with van der Waals surface area (Å²) in [4.78, 5) is 14.4. The van der Waals surface area contributed by atoms with E-state index in [1.165, 1.54) is 19.3 Å². The highest BCUT2D eigenvalue weighted by molar-refractivity contribution is 5.83. The van der Waals surface area contributed by atoms with E-state index in [1.54, 1.807) is 0 Å². The van der Waals surface area contributed by atoms with Crippen LogP contribution in [0.3, 0.4) is 0 Å². The zero-order valence-electron chi connectivity index (χ0n) is 10.2. The first-order chi connectivity index (χ1) is 7.67. The molecule has 3 nitrogen and oxygen atoms in total. The van der Waals surface area contributed by atoms with Crippen LogP contribution >= 0.6 is 0 Å². The van der Waals surface area contributed by atoms with Gasteiger partial charge in [0, 0.05) is 12.0 Å². The van der Waals surface area contributed by atoms with Crippen LogP contribution in [0.4, 0.5) is 0 Å². The molecule has 0 spiro atoms. The number of rotatable bonds is 2. The van der Waals surface area contributed by atoms with Gasteiger partial charge in [-0.05, 0) is 25.7 Å². The van der Waals surface area contributed by atoms with Crippen molar-refractivity contribution in [2.75, 3.05) is 13.2 Å². The van der Waals surface area contributed by atoms with Gasteiger partial charge in [-0.1, -0.05) is 26.2 Å². The fourth-order valence-corrected chi connectivity index (χ4v) is 3.19. The standard InChI is InChI=1S/C13H23NO2/c1-13(7-3-2-4-8-13)12(16)14-9-5-6-11(14)10-15/h11,15H,2-10H2,1H3. The normalized spacial score (nSPS) is 29.4. The van der Waals surface area contributed by atoms with Gasteiger partial charge in [0.15, 0.2) is 0 Å². The Morgan fingerprint density at radius 2 is 2.00 bits per heavy atom. The van der Waals surface area contributed by atoms with Crippen LogP contribution in [-0.4, -0.2) is 35.1 Å². The van der Waals surface area contributed by atoms with E-state index in [0.717, 1.165) is 32.2 Å². The molecule has 1 unspecified atom stereocenters. The van der Waals surface area contributed by atoms with Crippen molar-refractivity contribution in [3.63, 3.8) is 0 Å². The summed E-state index contributed by atoms with van der Waals surface area (Å²) in [6.07, 6.45) is 7.71. The van der Waals surface area contributed by atoms with Crippen LogP contribution in [0.1, 0.15) is 51.9 Å². The smallest absolute Gasteiger partial charge is 0.228 e. The number of amides is 1. The summed E-state index contributed by atoms with van der Waals surface area (Å²) in [6.45, 7) is 3.09. The first kappa shape index (κ1) is 11.9. The molecule has 1 atom stereocenters. The van der Waals surface area contributed by atoms with Crippen LogP contribution in [0.15, 0.2) is 0 Å². The monoisotopic (exact) mass is 225 g/mol. The molecule has 1 amide bonds. The van der Waals surface area contributed by atoms with Gasteiger partial charge < -0.3 is 10.0 Å². The van der Waals surface area contributed by atoms with Crippen molar-refractivity contribution in [3.05, 3.63) is 0 Å². The minimum atomic E-state index is -0.143. The topological polar surface area (TPSA) is 40.5 Å². The second-order valence-corrected chi connectivity index (χ2v) is 5.60. The fraction of sp³-hybridized carbons (Fsp3) is 0.923. The average Bonchev–Trinajstić information content (AvgIpc) is 2.77. The molecule has 0 radical (unpaired) electrons. The Balaban J connectivity index is 2.05. The minimum Gasteiger partial charge on any atom is -0.394 e. The van der Waals surface area contributed by atoms with E-state index < -0.39 is 0 Å². The summed E-state index contributed by atoms with van der Waals surface area (Å²) in [5.41, 5.74) is -0.143. The molecule has 3 heteroatoms. The van der Waals surface area contributed by atoms with Crippen molar-refractivity contribution in [1.82, 2.24) is 4.90 Å². The van der Waals surface area contributed by atoms with E-state index in [1.807, 2.05) is 4.90 Å². The maximum atomic E-state index is 12.5. The summed E-state index contributed by atoms with van der Waals surface area (Å²) in [7, 11) is 0. The lowest BCUT2D eigenvalue weighted by atomic mass is 9.74. The molecule has 16 heavy (non-hydrogen) atoms. The Labute approximate surface area is 97.8 Å². The Kier molecular flexibility index (Phi) is 3.53. The summed E-state index contributed by atoms with van der Waals surface area (Å²) in [5.74, 6) is 0.295. The van der Waals surface area contributed by atoms with E-state index in [4.69, 9.17) is 0 Å². The average molecular weight is 225 g/mol. The van der Waals surface area contributed by atoms with E-state index in [0.29, 0.717) is 5.91 Å². The molecule has 2 aliphatic rings. The van der Waals surface area contributed by atoms with E-state index in [-0.39, 0.29) is 18.1 Å². The van der Waals surface area contributed by atoms with Gasteiger partial charge in [-0.2, -0.15) is 0 Å². The number of hydrogen-bond acceptors (Lipinski definition) is 2. The van der Waals surface area contributed by atoms with Crippen LogP contribution in [0.5, 0.6) is 0 Å². The van der Waals surface area contributed by atoms with Crippen molar-refractivity contribution in [1.29, 1.82) is 0 Å². The highest BCUT2D eigenvalue weighted by Crippen LogP contribution is 2.38. The number of carbonyl (C=O) groups excluding carboxylic acids is 1. The highest BCUT2D eigenvalue weighted by Gasteiger charge is 2.40. The van der Waals surface area contributed by atoms with Gasteiger partial charge >= 0.3 is 0 Å². The van der Waals surface area contributed by atoms with E-state index in [9.17, 15) is 9.90 Å². The molecule has 92 valence electrons.